The van der Waals surface area contributed by atoms with E-state index in [-0.39, 0.29) is 6.04 Å². The molecule has 1 aromatic carbocycles. The third-order valence-corrected chi connectivity index (χ3v) is 3.46. The maximum Gasteiger partial charge on any atom is 0.0589 e. The van der Waals surface area contributed by atoms with Crippen molar-refractivity contribution in [2.75, 3.05) is 26.8 Å². The monoisotopic (exact) mass is 248 g/mol. The Bertz CT molecular complexity index is 338. The summed E-state index contributed by atoms with van der Waals surface area (Å²) in [6.07, 6.45) is 3.60. The summed E-state index contributed by atoms with van der Waals surface area (Å²) in [6.45, 7) is 2.78. The molecule has 1 fully saturated rings. The first kappa shape index (κ1) is 13.5. The van der Waals surface area contributed by atoms with Gasteiger partial charge in [-0.1, -0.05) is 30.3 Å². The Morgan fingerprint density at radius 1 is 1.33 bits per heavy atom. The molecule has 0 amide bonds. The van der Waals surface area contributed by atoms with Gasteiger partial charge in [0.05, 0.1) is 6.61 Å². The van der Waals surface area contributed by atoms with Gasteiger partial charge in [0, 0.05) is 32.3 Å². The van der Waals surface area contributed by atoms with Gasteiger partial charge in [0.1, 0.15) is 0 Å². The first-order chi connectivity index (χ1) is 8.79. The van der Waals surface area contributed by atoms with Crippen molar-refractivity contribution in [3.05, 3.63) is 35.9 Å². The molecule has 0 spiro atoms. The van der Waals surface area contributed by atoms with Crippen LogP contribution in [0.1, 0.15) is 18.4 Å². The van der Waals surface area contributed by atoms with Crippen LogP contribution in [0, 0.1) is 0 Å². The number of rotatable bonds is 8. The summed E-state index contributed by atoms with van der Waals surface area (Å²) < 4.78 is 5.17. The Morgan fingerprint density at radius 2 is 2.06 bits per heavy atom. The lowest BCUT2D eigenvalue weighted by Crippen LogP contribution is -2.41. The third kappa shape index (κ3) is 4.41. The first-order valence-electron chi connectivity index (χ1n) is 6.82. The molecule has 100 valence electrons. The average molecular weight is 248 g/mol. The molecule has 2 N–H and O–H groups in total. The molecule has 0 radical (unpaired) electrons. The van der Waals surface area contributed by atoms with Gasteiger partial charge >= 0.3 is 0 Å². The van der Waals surface area contributed by atoms with Crippen molar-refractivity contribution >= 4 is 0 Å². The van der Waals surface area contributed by atoms with Crippen LogP contribution in [0.3, 0.4) is 0 Å². The lowest BCUT2D eigenvalue weighted by Gasteiger charge is -2.25. The molecular weight excluding hydrogens is 224 g/mol. The maximum absolute atomic E-state index is 6.26. The summed E-state index contributed by atoms with van der Waals surface area (Å²) in [5, 5.41) is 0. The lowest BCUT2D eigenvalue weighted by atomic mass is 10.1. The molecule has 0 aromatic heterocycles. The number of nitrogens with two attached hydrogens (primary N) is 1. The van der Waals surface area contributed by atoms with Gasteiger partial charge in [-0.2, -0.15) is 0 Å². The summed E-state index contributed by atoms with van der Waals surface area (Å²) in [5.41, 5.74) is 7.59. The van der Waals surface area contributed by atoms with Gasteiger partial charge in [0.15, 0.2) is 0 Å². The predicted molar refractivity (Wildman–Crippen MR) is 74.6 cm³/mol. The van der Waals surface area contributed by atoms with Gasteiger partial charge in [-0.15, -0.1) is 0 Å². The molecule has 1 atom stereocenters. The van der Waals surface area contributed by atoms with Crippen LogP contribution < -0.4 is 5.73 Å². The van der Waals surface area contributed by atoms with Crippen molar-refractivity contribution < 1.29 is 4.74 Å². The highest BCUT2D eigenvalue weighted by Gasteiger charge is 2.29. The molecule has 1 aliphatic rings. The second-order valence-electron chi connectivity index (χ2n) is 5.17. The van der Waals surface area contributed by atoms with E-state index in [0.29, 0.717) is 0 Å². The Hall–Kier alpha value is -0.900. The van der Waals surface area contributed by atoms with Crippen LogP contribution in [0.15, 0.2) is 30.3 Å². The van der Waals surface area contributed by atoms with Crippen LogP contribution in [0.2, 0.25) is 0 Å². The number of hydrogen-bond acceptors (Lipinski definition) is 3. The van der Waals surface area contributed by atoms with Crippen molar-refractivity contribution in [2.24, 2.45) is 5.73 Å². The summed E-state index contributed by atoms with van der Waals surface area (Å²) in [4.78, 5) is 2.48. The van der Waals surface area contributed by atoms with Gasteiger partial charge in [0.2, 0.25) is 0 Å². The van der Waals surface area contributed by atoms with E-state index in [1.165, 1.54) is 18.4 Å². The zero-order valence-corrected chi connectivity index (χ0v) is 11.2. The molecule has 0 bridgehead atoms. The van der Waals surface area contributed by atoms with Crippen LogP contribution in [-0.2, 0) is 11.2 Å². The normalized spacial score (nSPS) is 17.1. The van der Waals surface area contributed by atoms with E-state index in [0.717, 1.165) is 32.2 Å². The van der Waals surface area contributed by atoms with Gasteiger partial charge in [-0.05, 0) is 24.8 Å². The SMILES string of the molecule is COCCN(CC(N)Cc1ccccc1)C1CC1. The van der Waals surface area contributed by atoms with Crippen molar-refractivity contribution in [1.82, 2.24) is 4.90 Å². The lowest BCUT2D eigenvalue weighted by molar-refractivity contribution is 0.139. The number of nitrogens with zero attached hydrogens (tertiary/aromatic N) is 1. The Morgan fingerprint density at radius 3 is 2.67 bits per heavy atom. The van der Waals surface area contributed by atoms with Crippen LogP contribution in [0.4, 0.5) is 0 Å². The maximum atomic E-state index is 6.26. The summed E-state index contributed by atoms with van der Waals surface area (Å²) >= 11 is 0. The molecule has 0 saturated heterocycles. The van der Waals surface area contributed by atoms with Crippen LogP contribution >= 0.6 is 0 Å². The van der Waals surface area contributed by atoms with E-state index in [4.69, 9.17) is 10.5 Å². The van der Waals surface area contributed by atoms with Crippen LogP contribution in [0.5, 0.6) is 0 Å². The van der Waals surface area contributed by atoms with Crippen molar-refractivity contribution in [3.63, 3.8) is 0 Å². The van der Waals surface area contributed by atoms with Crippen molar-refractivity contribution in [3.8, 4) is 0 Å². The van der Waals surface area contributed by atoms with E-state index >= 15 is 0 Å². The Labute approximate surface area is 110 Å². The van der Waals surface area contributed by atoms with Crippen molar-refractivity contribution in [1.29, 1.82) is 0 Å². The smallest absolute Gasteiger partial charge is 0.0589 e. The number of hydrogen-bond donors (Lipinski definition) is 1. The quantitative estimate of drug-likeness (QED) is 0.760. The zero-order chi connectivity index (χ0) is 12.8. The van der Waals surface area contributed by atoms with Gasteiger partial charge in [-0.25, -0.2) is 0 Å². The summed E-state index contributed by atoms with van der Waals surface area (Å²) in [5.74, 6) is 0. The Balaban J connectivity index is 1.79. The van der Waals surface area contributed by atoms with E-state index in [9.17, 15) is 0 Å². The van der Waals surface area contributed by atoms with Crippen molar-refractivity contribution in [2.45, 2.75) is 31.3 Å². The highest BCUT2D eigenvalue weighted by Crippen LogP contribution is 2.26. The van der Waals surface area contributed by atoms with Crippen LogP contribution in [-0.4, -0.2) is 43.8 Å². The summed E-state index contributed by atoms with van der Waals surface area (Å²) in [7, 11) is 1.76. The fourth-order valence-corrected chi connectivity index (χ4v) is 2.35. The second-order valence-corrected chi connectivity index (χ2v) is 5.17. The topological polar surface area (TPSA) is 38.5 Å². The minimum Gasteiger partial charge on any atom is -0.383 e. The third-order valence-electron chi connectivity index (χ3n) is 3.46. The highest BCUT2D eigenvalue weighted by molar-refractivity contribution is 5.15. The molecule has 3 nitrogen and oxygen atoms in total. The van der Waals surface area contributed by atoms with E-state index in [1.54, 1.807) is 7.11 Å². The number of methoxy groups -OCH3 is 1. The molecule has 0 heterocycles. The average Bonchev–Trinajstić information content (AvgIpc) is 3.20. The first-order valence-corrected chi connectivity index (χ1v) is 6.82. The van der Waals surface area contributed by atoms with E-state index in [2.05, 4.69) is 29.2 Å². The number of benzene rings is 1. The molecule has 1 aromatic rings. The Kier molecular flexibility index (Phi) is 5.17. The van der Waals surface area contributed by atoms with Gasteiger partial charge in [-0.3, -0.25) is 4.90 Å². The standard InChI is InChI=1S/C15H24N2O/c1-18-10-9-17(15-7-8-15)12-14(16)11-13-5-3-2-4-6-13/h2-6,14-15H,7-12,16H2,1H3. The number of ether oxygens (including phenoxy) is 1. The second kappa shape index (κ2) is 6.88. The minimum atomic E-state index is 0.213. The largest absolute Gasteiger partial charge is 0.383 e. The van der Waals surface area contributed by atoms with E-state index < -0.39 is 0 Å². The van der Waals surface area contributed by atoms with Gasteiger partial charge < -0.3 is 10.5 Å². The van der Waals surface area contributed by atoms with E-state index in [1.807, 2.05) is 6.07 Å². The van der Waals surface area contributed by atoms with Crippen LogP contribution in [0.25, 0.3) is 0 Å². The molecule has 1 saturated carbocycles. The minimum absolute atomic E-state index is 0.213. The molecule has 1 unspecified atom stereocenters. The zero-order valence-electron chi connectivity index (χ0n) is 11.2. The predicted octanol–water partition coefficient (Wildman–Crippen LogP) is 1.67. The molecule has 18 heavy (non-hydrogen) atoms. The van der Waals surface area contributed by atoms with Gasteiger partial charge in [0.25, 0.3) is 0 Å². The molecule has 1 aliphatic carbocycles. The molecule has 2 rings (SSSR count). The highest BCUT2D eigenvalue weighted by atomic mass is 16.5. The summed E-state index contributed by atoms with van der Waals surface area (Å²) in [6, 6.07) is 11.5. The molecule has 0 aliphatic heterocycles. The fourth-order valence-electron chi connectivity index (χ4n) is 2.35. The fraction of sp³-hybridized carbons (Fsp3) is 0.600. The molecular formula is C15H24N2O. The molecule has 3 heteroatoms.